The lowest BCUT2D eigenvalue weighted by Gasteiger charge is -2.06. The van der Waals surface area contributed by atoms with Gasteiger partial charge in [-0.05, 0) is 23.8 Å². The van der Waals surface area contributed by atoms with Crippen molar-refractivity contribution in [2.45, 2.75) is 12.7 Å². The first-order valence-corrected chi connectivity index (χ1v) is 6.19. The summed E-state index contributed by atoms with van der Waals surface area (Å²) < 4.78 is 38.9. The summed E-state index contributed by atoms with van der Waals surface area (Å²) in [4.78, 5) is 10.8. The summed E-state index contributed by atoms with van der Waals surface area (Å²) in [6.45, 7) is 0.108. The number of benzene rings is 1. The van der Waals surface area contributed by atoms with Gasteiger partial charge in [-0.15, -0.1) is 0 Å². The Balaban J connectivity index is 2.22. The van der Waals surface area contributed by atoms with Crippen molar-refractivity contribution < 1.29 is 23.1 Å². The average Bonchev–Trinajstić information content (AvgIpc) is 2.80. The molecule has 20 heavy (non-hydrogen) atoms. The summed E-state index contributed by atoms with van der Waals surface area (Å²) >= 11 is 3.19. The van der Waals surface area contributed by atoms with Gasteiger partial charge >= 0.3 is 12.1 Å². The molecule has 1 aromatic heterocycles. The summed E-state index contributed by atoms with van der Waals surface area (Å²) in [6.07, 6.45) is -3.25. The molecule has 0 amide bonds. The number of alkyl halides is 3. The molecular weight excluding hydrogens is 341 g/mol. The van der Waals surface area contributed by atoms with Gasteiger partial charge in [0.1, 0.15) is 0 Å². The average molecular weight is 349 g/mol. The molecule has 2 aromatic rings. The van der Waals surface area contributed by atoms with Crippen LogP contribution in [-0.2, 0) is 12.7 Å². The maximum Gasteiger partial charge on any atom is 0.435 e. The van der Waals surface area contributed by atoms with Crippen LogP contribution in [-0.4, -0.2) is 20.9 Å². The van der Waals surface area contributed by atoms with Crippen LogP contribution in [0.1, 0.15) is 21.6 Å². The number of hydrogen-bond donors (Lipinski definition) is 1. The van der Waals surface area contributed by atoms with Gasteiger partial charge in [0.05, 0.1) is 12.1 Å². The molecular formula is C12H8BrF3N2O2. The Morgan fingerprint density at radius 2 is 2.05 bits per heavy atom. The lowest BCUT2D eigenvalue weighted by molar-refractivity contribution is -0.141. The van der Waals surface area contributed by atoms with Crippen LogP contribution in [0.3, 0.4) is 0 Å². The number of hydrogen-bond acceptors (Lipinski definition) is 2. The highest BCUT2D eigenvalue weighted by Gasteiger charge is 2.33. The molecule has 0 bridgehead atoms. The number of carboxylic acids is 1. The van der Waals surface area contributed by atoms with E-state index in [1.54, 1.807) is 0 Å². The maximum atomic E-state index is 12.4. The van der Waals surface area contributed by atoms with Gasteiger partial charge in [-0.2, -0.15) is 18.3 Å². The number of carbonyl (C=O) groups is 1. The molecule has 4 nitrogen and oxygen atoms in total. The standard InChI is InChI=1S/C12H8BrF3N2O2/c13-9-5-7(11(19)20)1-2-8(9)6-18-4-3-10(17-18)12(14,15)16/h1-5H,6H2,(H,19,20). The molecule has 0 aliphatic rings. The van der Waals surface area contributed by atoms with Gasteiger partial charge in [-0.1, -0.05) is 22.0 Å². The largest absolute Gasteiger partial charge is 0.478 e. The third-order valence-corrected chi connectivity index (χ3v) is 3.30. The van der Waals surface area contributed by atoms with Crippen molar-refractivity contribution in [1.29, 1.82) is 0 Å². The smallest absolute Gasteiger partial charge is 0.435 e. The SMILES string of the molecule is O=C(O)c1ccc(Cn2ccc(C(F)(F)F)n2)c(Br)c1. The van der Waals surface area contributed by atoms with Gasteiger partial charge in [0.2, 0.25) is 0 Å². The van der Waals surface area contributed by atoms with E-state index in [0.29, 0.717) is 10.0 Å². The second-order valence-corrected chi connectivity index (χ2v) is 4.86. The first-order valence-electron chi connectivity index (χ1n) is 5.40. The van der Waals surface area contributed by atoms with Gasteiger partial charge in [0.15, 0.2) is 5.69 Å². The van der Waals surface area contributed by atoms with Crippen molar-refractivity contribution in [2.75, 3.05) is 0 Å². The fourth-order valence-electron chi connectivity index (χ4n) is 1.58. The van der Waals surface area contributed by atoms with E-state index >= 15 is 0 Å². The van der Waals surface area contributed by atoms with Crippen molar-refractivity contribution >= 4 is 21.9 Å². The lowest BCUT2D eigenvalue weighted by Crippen LogP contribution is -2.09. The molecule has 2 rings (SSSR count). The molecule has 0 atom stereocenters. The van der Waals surface area contributed by atoms with Gasteiger partial charge in [0.25, 0.3) is 0 Å². The first-order chi connectivity index (χ1) is 9.27. The zero-order valence-corrected chi connectivity index (χ0v) is 11.4. The lowest BCUT2D eigenvalue weighted by atomic mass is 10.1. The van der Waals surface area contributed by atoms with Crippen LogP contribution >= 0.6 is 15.9 Å². The van der Waals surface area contributed by atoms with Crippen LogP contribution < -0.4 is 0 Å². The number of rotatable bonds is 3. The summed E-state index contributed by atoms with van der Waals surface area (Å²) in [5, 5.41) is 12.2. The second kappa shape index (κ2) is 5.28. The van der Waals surface area contributed by atoms with Crippen molar-refractivity contribution in [3.63, 3.8) is 0 Å². The predicted molar refractivity (Wildman–Crippen MR) is 67.4 cm³/mol. The highest BCUT2D eigenvalue weighted by Crippen LogP contribution is 2.27. The van der Waals surface area contributed by atoms with Gasteiger partial charge < -0.3 is 5.11 Å². The Morgan fingerprint density at radius 1 is 1.35 bits per heavy atom. The van der Waals surface area contributed by atoms with E-state index in [1.165, 1.54) is 24.4 Å². The molecule has 1 heterocycles. The van der Waals surface area contributed by atoms with E-state index in [-0.39, 0.29) is 12.1 Å². The van der Waals surface area contributed by atoms with Gasteiger partial charge in [-0.3, -0.25) is 4.68 Å². The van der Waals surface area contributed by atoms with Crippen molar-refractivity contribution in [3.05, 3.63) is 51.8 Å². The molecule has 0 saturated heterocycles. The van der Waals surface area contributed by atoms with Crippen LogP contribution in [0, 0.1) is 0 Å². The van der Waals surface area contributed by atoms with E-state index in [2.05, 4.69) is 21.0 Å². The summed E-state index contributed by atoms with van der Waals surface area (Å²) in [5.41, 5.74) is -0.236. The third kappa shape index (κ3) is 3.19. The van der Waals surface area contributed by atoms with Crippen molar-refractivity contribution in [1.82, 2.24) is 9.78 Å². The number of aromatic nitrogens is 2. The molecule has 0 unspecified atom stereocenters. The minimum atomic E-state index is -4.48. The minimum absolute atomic E-state index is 0.0945. The summed E-state index contributed by atoms with van der Waals surface area (Å²) in [6, 6.07) is 5.20. The molecule has 0 radical (unpaired) electrons. The number of halogens is 4. The summed E-state index contributed by atoms with van der Waals surface area (Å²) in [7, 11) is 0. The normalized spacial score (nSPS) is 11.6. The second-order valence-electron chi connectivity index (χ2n) is 4.01. The first kappa shape index (κ1) is 14.6. The van der Waals surface area contributed by atoms with E-state index < -0.39 is 17.8 Å². The van der Waals surface area contributed by atoms with Gasteiger partial charge in [-0.25, -0.2) is 4.79 Å². The molecule has 8 heteroatoms. The molecule has 0 spiro atoms. The summed E-state index contributed by atoms with van der Waals surface area (Å²) in [5.74, 6) is -1.07. The Kier molecular flexibility index (Phi) is 3.85. The Morgan fingerprint density at radius 3 is 2.55 bits per heavy atom. The van der Waals surface area contributed by atoms with Crippen LogP contribution in [0.2, 0.25) is 0 Å². The van der Waals surface area contributed by atoms with Gasteiger partial charge in [0, 0.05) is 10.7 Å². The minimum Gasteiger partial charge on any atom is -0.478 e. The zero-order chi connectivity index (χ0) is 14.9. The maximum absolute atomic E-state index is 12.4. The van der Waals surface area contributed by atoms with Crippen LogP contribution in [0.4, 0.5) is 13.2 Å². The molecule has 0 aliphatic heterocycles. The highest BCUT2D eigenvalue weighted by atomic mass is 79.9. The monoisotopic (exact) mass is 348 g/mol. The predicted octanol–water partition coefficient (Wildman–Crippen LogP) is 3.41. The number of aromatic carboxylic acids is 1. The molecule has 0 aliphatic carbocycles. The van der Waals surface area contributed by atoms with Crippen LogP contribution in [0.15, 0.2) is 34.9 Å². The Bertz CT molecular complexity index is 652. The molecule has 1 aromatic carbocycles. The van der Waals surface area contributed by atoms with E-state index in [1.807, 2.05) is 0 Å². The van der Waals surface area contributed by atoms with Crippen molar-refractivity contribution in [3.8, 4) is 0 Å². The fourth-order valence-corrected chi connectivity index (χ4v) is 2.09. The zero-order valence-electron chi connectivity index (χ0n) is 9.86. The molecule has 1 N–H and O–H groups in total. The number of carboxylic acid groups (broad SMARTS) is 1. The number of nitrogens with zero attached hydrogens (tertiary/aromatic N) is 2. The Hall–Kier alpha value is -1.83. The molecule has 0 fully saturated rings. The quantitative estimate of drug-likeness (QED) is 0.924. The van der Waals surface area contributed by atoms with Crippen LogP contribution in [0.25, 0.3) is 0 Å². The Labute approximate surface area is 120 Å². The third-order valence-electron chi connectivity index (χ3n) is 2.56. The van der Waals surface area contributed by atoms with Crippen molar-refractivity contribution in [2.24, 2.45) is 0 Å². The fraction of sp³-hybridized carbons (Fsp3) is 0.167. The van der Waals surface area contributed by atoms with E-state index in [9.17, 15) is 18.0 Å². The van der Waals surface area contributed by atoms with Crippen LogP contribution in [0.5, 0.6) is 0 Å². The topological polar surface area (TPSA) is 55.1 Å². The molecule has 0 saturated carbocycles. The van der Waals surface area contributed by atoms with E-state index in [4.69, 9.17) is 5.11 Å². The van der Waals surface area contributed by atoms with E-state index in [0.717, 1.165) is 10.7 Å². The highest BCUT2D eigenvalue weighted by molar-refractivity contribution is 9.10. The molecule has 106 valence electrons.